The van der Waals surface area contributed by atoms with Crippen molar-refractivity contribution in [3.63, 3.8) is 0 Å². The number of aromatic nitrogens is 8. The van der Waals surface area contributed by atoms with Gasteiger partial charge >= 0.3 is 0 Å². The Morgan fingerprint density at radius 1 is 1.03 bits per heavy atom. The summed E-state index contributed by atoms with van der Waals surface area (Å²) in [7, 11) is 1.41. The molecule has 0 aliphatic carbocycles. The zero-order chi connectivity index (χ0) is 26.2. The molecule has 1 amide bonds. The third-order valence-corrected chi connectivity index (χ3v) is 6.40. The first-order valence-electron chi connectivity index (χ1n) is 10.9. The Bertz CT molecular complexity index is 1700. The van der Waals surface area contributed by atoms with Crippen LogP contribution in [0, 0.1) is 0 Å². The minimum atomic E-state index is -3.91. The Morgan fingerprint density at radius 3 is 2.46 bits per heavy atom. The first kappa shape index (κ1) is 24.3. The fourth-order valence-corrected chi connectivity index (χ4v) is 4.20. The topological polar surface area (TPSA) is 173 Å². The second-order valence-corrected chi connectivity index (χ2v) is 10.7. The summed E-state index contributed by atoms with van der Waals surface area (Å²) in [6, 6.07) is 4.65. The van der Waals surface area contributed by atoms with Gasteiger partial charge in [-0.2, -0.15) is 5.10 Å². The quantitative estimate of drug-likeness (QED) is 0.261. The molecule has 0 fully saturated rings. The normalized spacial score (nSPS) is 11.7. The molecule has 0 radical (unpaired) electrons. The van der Waals surface area contributed by atoms with Crippen molar-refractivity contribution in [2.24, 2.45) is 0 Å². The maximum atomic E-state index is 12.4. The molecule has 0 spiro atoms. The number of H-pyrrole nitrogens is 1. The summed E-state index contributed by atoms with van der Waals surface area (Å²) in [6.07, 6.45) is 9.28. The van der Waals surface area contributed by atoms with Crippen molar-refractivity contribution in [3.05, 3.63) is 61.2 Å². The van der Waals surface area contributed by atoms with Crippen molar-refractivity contribution in [2.45, 2.75) is 24.9 Å². The highest BCUT2D eigenvalue weighted by Crippen LogP contribution is 2.27. The molecule has 37 heavy (non-hydrogen) atoms. The van der Waals surface area contributed by atoms with E-state index in [1.54, 1.807) is 41.5 Å². The molecular formula is C22H19ClN10O3S. The second-order valence-electron chi connectivity index (χ2n) is 8.14. The van der Waals surface area contributed by atoms with Gasteiger partial charge in [0.25, 0.3) is 15.0 Å². The summed E-state index contributed by atoms with van der Waals surface area (Å²) in [6.45, 7) is 3.73. The lowest BCUT2D eigenvalue weighted by atomic mass is 10.2. The van der Waals surface area contributed by atoms with Crippen molar-refractivity contribution in [3.8, 4) is 17.1 Å². The van der Waals surface area contributed by atoms with Crippen molar-refractivity contribution in [2.75, 3.05) is 5.32 Å². The maximum Gasteiger partial charge on any atom is 0.278 e. The molecular weight excluding hydrogens is 520 g/mol. The molecule has 0 bridgehead atoms. The first-order valence-corrected chi connectivity index (χ1v) is 13.2. The van der Waals surface area contributed by atoms with Crippen molar-refractivity contribution < 1.29 is 13.2 Å². The van der Waals surface area contributed by atoms with Crippen LogP contribution in [0.1, 0.15) is 24.3 Å². The Balaban J connectivity index is 1.42. The predicted molar refractivity (Wildman–Crippen MR) is 135 cm³/mol. The van der Waals surface area contributed by atoms with E-state index in [4.69, 9.17) is 10.7 Å². The molecule has 0 atom stereocenters. The number of carbonyl (C=O) groups is 1. The van der Waals surface area contributed by atoms with E-state index >= 15 is 0 Å². The molecule has 188 valence electrons. The maximum absolute atomic E-state index is 12.4. The molecule has 0 aliphatic rings. The monoisotopic (exact) mass is 538 g/mol. The van der Waals surface area contributed by atoms with Crippen LogP contribution >= 0.6 is 10.7 Å². The number of carbonyl (C=O) groups excluding carboxylic acids is 1. The number of halogens is 1. The van der Waals surface area contributed by atoms with Gasteiger partial charge in [-0.1, -0.05) is 0 Å². The van der Waals surface area contributed by atoms with E-state index in [0.717, 1.165) is 0 Å². The Kier molecular flexibility index (Phi) is 6.27. The molecule has 0 aliphatic heterocycles. The lowest BCUT2D eigenvalue weighted by Crippen LogP contribution is -2.30. The van der Waals surface area contributed by atoms with Crippen LogP contribution in [0.3, 0.4) is 0 Å². The number of hydrogen-bond donors (Lipinski definition) is 3. The molecule has 0 aromatic carbocycles. The van der Waals surface area contributed by atoms with E-state index in [1.807, 2.05) is 13.8 Å². The van der Waals surface area contributed by atoms with Crippen molar-refractivity contribution in [1.82, 2.24) is 45.0 Å². The van der Waals surface area contributed by atoms with Gasteiger partial charge in [-0.3, -0.25) is 14.5 Å². The van der Waals surface area contributed by atoms with Crippen LogP contribution in [0.4, 0.5) is 11.5 Å². The van der Waals surface area contributed by atoms with E-state index in [9.17, 15) is 13.2 Å². The molecule has 5 rings (SSSR count). The second kappa shape index (κ2) is 9.55. The van der Waals surface area contributed by atoms with Crippen LogP contribution in [0.15, 0.2) is 60.5 Å². The van der Waals surface area contributed by atoms with Crippen molar-refractivity contribution >= 4 is 48.2 Å². The number of hydrogen-bond acceptors (Lipinski definition) is 10. The lowest BCUT2D eigenvalue weighted by molar-refractivity contribution is 0.0939. The molecule has 0 unspecified atom stereocenters. The number of nitrogens with zero attached hydrogens (tertiary/aromatic N) is 7. The predicted octanol–water partition coefficient (Wildman–Crippen LogP) is 2.80. The largest absolute Gasteiger partial charge is 0.348 e. The Labute approximate surface area is 214 Å². The number of fused-ring (bicyclic) bond motifs is 1. The highest BCUT2D eigenvalue weighted by atomic mass is 35.7. The number of pyridine rings is 1. The minimum Gasteiger partial charge on any atom is -0.348 e. The van der Waals surface area contributed by atoms with Crippen LogP contribution in [0.2, 0.25) is 0 Å². The Hall–Kier alpha value is -4.43. The summed E-state index contributed by atoms with van der Waals surface area (Å²) in [5, 5.41) is 13.1. The van der Waals surface area contributed by atoms with E-state index in [0.29, 0.717) is 39.6 Å². The molecule has 0 saturated heterocycles. The third kappa shape index (κ3) is 4.96. The van der Waals surface area contributed by atoms with Crippen LogP contribution < -0.4 is 10.6 Å². The van der Waals surface area contributed by atoms with E-state index in [-0.39, 0.29) is 22.7 Å². The average molecular weight is 539 g/mol. The van der Waals surface area contributed by atoms with Gasteiger partial charge in [0.2, 0.25) is 5.95 Å². The Morgan fingerprint density at radius 2 is 1.78 bits per heavy atom. The van der Waals surface area contributed by atoms with Crippen LogP contribution in [0.5, 0.6) is 0 Å². The summed E-state index contributed by atoms with van der Waals surface area (Å²) >= 11 is 0. The van der Waals surface area contributed by atoms with Crippen LogP contribution in [-0.4, -0.2) is 60.1 Å². The summed E-state index contributed by atoms with van der Waals surface area (Å²) in [4.78, 5) is 33.8. The fourth-order valence-electron chi connectivity index (χ4n) is 3.52. The molecule has 5 aromatic heterocycles. The van der Waals surface area contributed by atoms with Gasteiger partial charge in [-0.15, -0.1) is 0 Å². The SMILES string of the molecule is CC(C)NC(=O)c1n[nH]cc1Nc1ncnc2c1ccn2-c1ncc(-c2ccc(S(=O)(=O)Cl)nc2)cn1. The van der Waals surface area contributed by atoms with Crippen LogP contribution in [-0.2, 0) is 9.05 Å². The molecule has 13 nitrogen and oxygen atoms in total. The number of amides is 1. The third-order valence-electron chi connectivity index (χ3n) is 5.18. The smallest absolute Gasteiger partial charge is 0.278 e. The number of nitrogens with one attached hydrogen (secondary N) is 3. The summed E-state index contributed by atoms with van der Waals surface area (Å²) in [5.74, 6) is 0.515. The summed E-state index contributed by atoms with van der Waals surface area (Å²) < 4.78 is 24.5. The van der Waals surface area contributed by atoms with E-state index in [1.165, 1.54) is 18.6 Å². The number of rotatable bonds is 7. The highest BCUT2D eigenvalue weighted by Gasteiger charge is 2.18. The van der Waals surface area contributed by atoms with E-state index < -0.39 is 9.05 Å². The van der Waals surface area contributed by atoms with Gasteiger partial charge in [-0.25, -0.2) is 33.3 Å². The first-order chi connectivity index (χ1) is 17.7. The molecule has 0 saturated carbocycles. The van der Waals surface area contributed by atoms with Gasteiger partial charge in [0.15, 0.2) is 16.4 Å². The number of aromatic amines is 1. The number of anilines is 2. The molecule has 5 heterocycles. The zero-order valence-electron chi connectivity index (χ0n) is 19.4. The van der Waals surface area contributed by atoms with Gasteiger partial charge in [0, 0.05) is 58.8 Å². The highest BCUT2D eigenvalue weighted by molar-refractivity contribution is 8.13. The standard InChI is InChI=1S/C22H19ClN10O3S/c1-12(2)30-21(34)18-16(10-29-32-18)31-19-15-5-6-33(20(15)28-11-27-19)22-25-8-14(9-26-22)13-3-4-17(24-7-13)37(23,35)36/h3-12H,1-2H3,(H,29,32)(H,30,34)(H,27,28,31). The average Bonchev–Trinajstić information content (AvgIpc) is 3.51. The van der Waals surface area contributed by atoms with Crippen LogP contribution in [0.25, 0.3) is 28.1 Å². The molecule has 15 heteroatoms. The minimum absolute atomic E-state index is 0.0411. The van der Waals surface area contributed by atoms with Gasteiger partial charge in [-0.05, 0) is 32.0 Å². The lowest BCUT2D eigenvalue weighted by Gasteiger charge is -2.09. The molecule has 3 N–H and O–H groups in total. The van der Waals surface area contributed by atoms with Gasteiger partial charge < -0.3 is 10.6 Å². The molecule has 5 aromatic rings. The van der Waals surface area contributed by atoms with Gasteiger partial charge in [0.05, 0.1) is 11.1 Å². The zero-order valence-corrected chi connectivity index (χ0v) is 21.0. The van der Waals surface area contributed by atoms with Gasteiger partial charge in [0.1, 0.15) is 12.1 Å². The van der Waals surface area contributed by atoms with Crippen molar-refractivity contribution in [1.29, 1.82) is 0 Å². The fraction of sp³-hybridized carbons (Fsp3) is 0.136. The van der Waals surface area contributed by atoms with E-state index in [2.05, 4.69) is 45.8 Å². The summed E-state index contributed by atoms with van der Waals surface area (Å²) in [5.41, 5.74) is 2.48.